The minimum absolute atomic E-state index is 0.127. The number of halogens is 3. The summed E-state index contributed by atoms with van der Waals surface area (Å²) in [6, 6.07) is 1.13. The second kappa shape index (κ2) is 9.08. The number of aryl methyl sites for hydroxylation is 1. The number of nitriles is 1. The lowest BCUT2D eigenvalue weighted by Crippen LogP contribution is -2.50. The number of nitrogens with one attached hydrogen (secondary N) is 4. The predicted octanol–water partition coefficient (Wildman–Crippen LogP) is 2.55. The smallest absolute Gasteiger partial charge is 0.351 e. The van der Waals surface area contributed by atoms with E-state index < -0.39 is 47.2 Å². The molecule has 3 atom stereocenters. The third kappa shape index (κ3) is 6.27. The zero-order chi connectivity index (χ0) is 24.6. The van der Waals surface area contributed by atoms with Crippen molar-refractivity contribution in [1.82, 2.24) is 20.9 Å². The quantitative estimate of drug-likeness (QED) is 0.469. The molecule has 1 aromatic heterocycles. The first kappa shape index (κ1) is 24.6. The number of hydrogen-bond donors (Lipinski definition) is 4. The van der Waals surface area contributed by atoms with Crippen LogP contribution >= 0.6 is 0 Å². The molecule has 0 bridgehead atoms. The lowest BCUT2D eigenvalue weighted by Gasteiger charge is -2.21. The molecule has 1 saturated heterocycles. The number of alkyl halides is 3. The zero-order valence-electron chi connectivity index (χ0n) is 18.7. The summed E-state index contributed by atoms with van der Waals surface area (Å²) >= 11 is 0. The Labute approximate surface area is 189 Å². The summed E-state index contributed by atoms with van der Waals surface area (Å²) in [5, 5.41) is 17.4. The van der Waals surface area contributed by atoms with Crippen molar-refractivity contribution in [2.24, 2.45) is 11.8 Å². The topological polar surface area (TPSA) is 127 Å². The van der Waals surface area contributed by atoms with Crippen LogP contribution in [-0.2, 0) is 15.8 Å². The standard InChI is InChI=1S/C22H28F3N5O3/c1-11-6-15(28-17(11)22(23,24)25)20(33)29-16(7-12-4-5-12)19(32)27-14(10-26)8-13-9-21(2,3)30-18(13)31/h6,12-14,16,28H,4-5,7-9H2,1-3H3,(H,27,32)(H,29,33)(H,30,31). The lowest BCUT2D eigenvalue weighted by atomic mass is 9.92. The van der Waals surface area contributed by atoms with E-state index in [1.54, 1.807) is 0 Å². The number of amides is 3. The normalized spacial score (nSPS) is 21.6. The molecule has 1 saturated carbocycles. The van der Waals surface area contributed by atoms with E-state index in [2.05, 4.69) is 20.9 Å². The molecular formula is C22H28F3N5O3. The van der Waals surface area contributed by atoms with Crippen molar-refractivity contribution in [2.75, 3.05) is 0 Å². The molecule has 8 nitrogen and oxygen atoms in total. The Morgan fingerprint density at radius 3 is 2.42 bits per heavy atom. The molecule has 3 rings (SSSR count). The van der Waals surface area contributed by atoms with Crippen LogP contribution in [0.3, 0.4) is 0 Å². The van der Waals surface area contributed by atoms with Crippen molar-refractivity contribution < 1.29 is 27.6 Å². The van der Waals surface area contributed by atoms with E-state index in [1.807, 2.05) is 19.9 Å². The van der Waals surface area contributed by atoms with Crippen molar-refractivity contribution >= 4 is 17.7 Å². The predicted molar refractivity (Wildman–Crippen MR) is 112 cm³/mol. The average Bonchev–Trinajstić information content (AvgIpc) is 3.35. The van der Waals surface area contributed by atoms with Crippen molar-refractivity contribution in [3.63, 3.8) is 0 Å². The highest BCUT2D eigenvalue weighted by molar-refractivity contribution is 5.96. The molecule has 4 N–H and O–H groups in total. The Kier molecular flexibility index (Phi) is 6.77. The second-order valence-corrected chi connectivity index (χ2v) is 9.64. The summed E-state index contributed by atoms with van der Waals surface area (Å²) in [4.78, 5) is 39.7. The number of aromatic nitrogens is 1. The summed E-state index contributed by atoms with van der Waals surface area (Å²) in [7, 11) is 0. The third-order valence-electron chi connectivity index (χ3n) is 6.01. The van der Waals surface area contributed by atoms with E-state index >= 15 is 0 Å². The Bertz CT molecular complexity index is 975. The van der Waals surface area contributed by atoms with Gasteiger partial charge in [0.25, 0.3) is 5.91 Å². The van der Waals surface area contributed by atoms with Gasteiger partial charge < -0.3 is 20.9 Å². The number of H-pyrrole nitrogens is 1. The molecule has 0 radical (unpaired) electrons. The molecule has 2 aliphatic rings. The first-order valence-corrected chi connectivity index (χ1v) is 10.9. The lowest BCUT2D eigenvalue weighted by molar-refractivity contribution is -0.141. The molecule has 0 aromatic carbocycles. The van der Waals surface area contributed by atoms with Gasteiger partial charge in [-0.05, 0) is 57.6 Å². The molecule has 2 heterocycles. The number of hydrogen-bond acceptors (Lipinski definition) is 4. The van der Waals surface area contributed by atoms with Gasteiger partial charge in [0.05, 0.1) is 6.07 Å². The number of aromatic amines is 1. The van der Waals surface area contributed by atoms with Gasteiger partial charge in [-0.2, -0.15) is 18.4 Å². The molecule has 1 aliphatic heterocycles. The van der Waals surface area contributed by atoms with Crippen molar-refractivity contribution in [3.05, 3.63) is 23.0 Å². The second-order valence-electron chi connectivity index (χ2n) is 9.64. The zero-order valence-corrected chi connectivity index (χ0v) is 18.7. The number of carbonyl (C=O) groups excluding carboxylic acids is 3. The highest BCUT2D eigenvalue weighted by atomic mass is 19.4. The molecule has 33 heavy (non-hydrogen) atoms. The van der Waals surface area contributed by atoms with Crippen LogP contribution < -0.4 is 16.0 Å². The maximum atomic E-state index is 13.0. The van der Waals surface area contributed by atoms with Gasteiger partial charge in [-0.1, -0.05) is 12.8 Å². The molecule has 1 aromatic rings. The van der Waals surface area contributed by atoms with Gasteiger partial charge in [-0.3, -0.25) is 14.4 Å². The van der Waals surface area contributed by atoms with Gasteiger partial charge in [0.2, 0.25) is 11.8 Å². The molecule has 1 aliphatic carbocycles. The number of nitrogens with zero attached hydrogens (tertiary/aromatic N) is 1. The summed E-state index contributed by atoms with van der Waals surface area (Å²) in [5.74, 6) is -1.82. The fourth-order valence-corrected chi connectivity index (χ4v) is 4.22. The Balaban J connectivity index is 1.66. The van der Waals surface area contributed by atoms with Gasteiger partial charge in [0.1, 0.15) is 23.5 Å². The van der Waals surface area contributed by atoms with E-state index in [0.29, 0.717) is 12.8 Å². The first-order chi connectivity index (χ1) is 15.3. The Morgan fingerprint density at radius 1 is 1.27 bits per heavy atom. The first-order valence-electron chi connectivity index (χ1n) is 10.9. The highest BCUT2D eigenvalue weighted by Crippen LogP contribution is 2.34. The van der Waals surface area contributed by atoms with Crippen LogP contribution in [-0.4, -0.2) is 40.3 Å². The van der Waals surface area contributed by atoms with Crippen molar-refractivity contribution in [1.29, 1.82) is 5.26 Å². The van der Waals surface area contributed by atoms with Gasteiger partial charge in [0, 0.05) is 11.5 Å². The van der Waals surface area contributed by atoms with Gasteiger partial charge >= 0.3 is 6.18 Å². The minimum Gasteiger partial charge on any atom is -0.351 e. The van der Waals surface area contributed by atoms with E-state index in [1.165, 1.54) is 6.92 Å². The van der Waals surface area contributed by atoms with Crippen LogP contribution in [0.15, 0.2) is 6.07 Å². The van der Waals surface area contributed by atoms with Crippen LogP contribution in [0, 0.1) is 30.1 Å². The van der Waals surface area contributed by atoms with Crippen LogP contribution in [0.2, 0.25) is 0 Å². The van der Waals surface area contributed by atoms with Gasteiger partial charge in [0.15, 0.2) is 0 Å². The van der Waals surface area contributed by atoms with Crippen molar-refractivity contribution in [2.45, 2.75) is 76.7 Å². The van der Waals surface area contributed by atoms with Gasteiger partial charge in [-0.15, -0.1) is 0 Å². The number of rotatable bonds is 8. The largest absolute Gasteiger partial charge is 0.431 e. The third-order valence-corrected chi connectivity index (χ3v) is 6.01. The molecule has 3 unspecified atom stereocenters. The minimum atomic E-state index is -4.63. The summed E-state index contributed by atoms with van der Waals surface area (Å²) < 4.78 is 39.1. The maximum Gasteiger partial charge on any atom is 0.431 e. The molecular weight excluding hydrogens is 439 g/mol. The van der Waals surface area contributed by atoms with E-state index in [-0.39, 0.29) is 29.5 Å². The van der Waals surface area contributed by atoms with Crippen LogP contribution in [0.1, 0.15) is 67.7 Å². The van der Waals surface area contributed by atoms with E-state index in [4.69, 9.17) is 0 Å². The Hall–Kier alpha value is -3.03. The average molecular weight is 467 g/mol. The fourth-order valence-electron chi connectivity index (χ4n) is 4.22. The number of carbonyl (C=O) groups is 3. The molecule has 0 spiro atoms. The molecule has 3 amide bonds. The van der Waals surface area contributed by atoms with Crippen LogP contribution in [0.5, 0.6) is 0 Å². The van der Waals surface area contributed by atoms with Crippen LogP contribution in [0.25, 0.3) is 0 Å². The van der Waals surface area contributed by atoms with E-state index in [9.17, 15) is 32.8 Å². The maximum absolute atomic E-state index is 13.0. The highest BCUT2D eigenvalue weighted by Gasteiger charge is 2.40. The van der Waals surface area contributed by atoms with E-state index in [0.717, 1.165) is 18.9 Å². The van der Waals surface area contributed by atoms with Crippen molar-refractivity contribution in [3.8, 4) is 6.07 Å². The molecule has 11 heteroatoms. The van der Waals surface area contributed by atoms with Crippen LogP contribution in [0.4, 0.5) is 13.2 Å². The molecule has 2 fully saturated rings. The van der Waals surface area contributed by atoms with Gasteiger partial charge in [-0.25, -0.2) is 0 Å². The summed E-state index contributed by atoms with van der Waals surface area (Å²) in [5.41, 5.74) is -1.83. The summed E-state index contributed by atoms with van der Waals surface area (Å²) in [6.45, 7) is 4.99. The monoisotopic (exact) mass is 467 g/mol. The SMILES string of the molecule is Cc1cc(C(=O)NC(CC2CC2)C(=O)NC(C#N)CC2CC(C)(C)NC2=O)[nH]c1C(F)(F)F. The fraction of sp³-hybridized carbons (Fsp3) is 0.636. The summed E-state index contributed by atoms with van der Waals surface area (Å²) in [6.07, 6.45) is -1.88. The Morgan fingerprint density at radius 2 is 1.94 bits per heavy atom. The molecule has 180 valence electrons.